The molecule has 4 heterocycles. The van der Waals surface area contributed by atoms with E-state index < -0.39 is 0 Å². The van der Waals surface area contributed by atoms with E-state index in [0.29, 0.717) is 0 Å². The van der Waals surface area contributed by atoms with Crippen LogP contribution in [0.4, 0.5) is 0 Å². The third kappa shape index (κ3) is 11.5. The summed E-state index contributed by atoms with van der Waals surface area (Å²) in [6, 6.07) is 6.15. The van der Waals surface area contributed by atoms with Crippen molar-refractivity contribution >= 4 is 0 Å². The molecule has 0 aromatic carbocycles. The molecule has 0 saturated carbocycles. The van der Waals surface area contributed by atoms with Crippen molar-refractivity contribution in [2.75, 3.05) is 13.2 Å². The van der Waals surface area contributed by atoms with Crippen LogP contribution < -0.4 is 33.9 Å². The molecule has 0 radical (unpaired) electrons. The normalized spacial score (nSPS) is 11.4. The van der Waals surface area contributed by atoms with Gasteiger partial charge in [-0.15, -0.1) is 0 Å². The molecule has 1 fully saturated rings. The quantitative estimate of drug-likeness (QED) is 0.381. The van der Waals surface area contributed by atoms with Crippen LogP contribution in [-0.2, 0) is 17.8 Å². The average Bonchev–Trinajstić information content (AvgIpc) is 3.54. The van der Waals surface area contributed by atoms with Crippen LogP contribution in [0.25, 0.3) is 11.6 Å². The molecule has 34 heavy (non-hydrogen) atoms. The Balaban J connectivity index is -0.000000859. The van der Waals surface area contributed by atoms with Crippen molar-refractivity contribution in [1.29, 1.82) is 0 Å². The summed E-state index contributed by atoms with van der Waals surface area (Å²) in [6.07, 6.45) is 19.9. The first-order chi connectivity index (χ1) is 14.3. The molecular formula is C26H47Cl2N5O. The van der Waals surface area contributed by atoms with E-state index in [9.17, 15) is 0 Å². The zero-order valence-corrected chi connectivity index (χ0v) is 20.2. The maximum absolute atomic E-state index is 4.94. The summed E-state index contributed by atoms with van der Waals surface area (Å²) in [7, 11) is 0. The lowest BCUT2D eigenvalue weighted by Crippen LogP contribution is -3.00. The minimum atomic E-state index is 0. The number of aromatic nitrogens is 5. The topological polar surface area (TPSA) is 39.7 Å². The largest absolute Gasteiger partial charge is 1.00 e. The minimum Gasteiger partial charge on any atom is -1.00 e. The molecule has 1 saturated heterocycles. The molecule has 4 rings (SSSR count). The van der Waals surface area contributed by atoms with E-state index in [1.807, 2.05) is 12.1 Å². The number of imidazole rings is 2. The van der Waals surface area contributed by atoms with Crippen LogP contribution in [0.3, 0.4) is 0 Å². The zero-order valence-electron chi connectivity index (χ0n) is 18.7. The van der Waals surface area contributed by atoms with Crippen molar-refractivity contribution in [3.63, 3.8) is 0 Å². The van der Waals surface area contributed by atoms with Crippen molar-refractivity contribution in [3.05, 3.63) is 55.6 Å². The Morgan fingerprint density at radius 1 is 0.794 bits per heavy atom. The second-order valence-electron chi connectivity index (χ2n) is 7.50. The molecule has 3 aromatic heterocycles. The number of halogens is 2. The molecule has 3 aromatic rings. The lowest BCUT2D eigenvalue weighted by Gasteiger charge is -1.98. The van der Waals surface area contributed by atoms with Crippen LogP contribution in [-0.4, -0.2) is 27.3 Å². The van der Waals surface area contributed by atoms with E-state index >= 15 is 0 Å². The van der Waals surface area contributed by atoms with Crippen LogP contribution in [0.5, 0.6) is 0 Å². The third-order valence-electron chi connectivity index (χ3n) is 5.00. The van der Waals surface area contributed by atoms with Crippen molar-refractivity contribution in [2.24, 2.45) is 0 Å². The molecular weight excluding hydrogens is 469 g/mol. The van der Waals surface area contributed by atoms with Crippen LogP contribution in [0.15, 0.2) is 55.6 Å². The Kier molecular flexibility index (Phi) is 22.1. The molecule has 0 unspecified atom stereocenters. The number of hydrogen-bond donors (Lipinski definition) is 0. The van der Waals surface area contributed by atoms with E-state index in [2.05, 4.69) is 75.6 Å². The van der Waals surface area contributed by atoms with Gasteiger partial charge in [0, 0.05) is 25.3 Å². The van der Waals surface area contributed by atoms with Gasteiger partial charge < -0.3 is 29.6 Å². The highest BCUT2D eigenvalue weighted by atomic mass is 35.5. The fourth-order valence-electron chi connectivity index (χ4n) is 3.22. The van der Waals surface area contributed by atoms with Gasteiger partial charge in [-0.3, -0.25) is 0 Å². The number of rotatable bonds is 8. The van der Waals surface area contributed by atoms with Gasteiger partial charge in [-0.25, -0.2) is 9.13 Å². The monoisotopic (exact) mass is 515 g/mol. The summed E-state index contributed by atoms with van der Waals surface area (Å²) in [5, 5.41) is 0. The van der Waals surface area contributed by atoms with Gasteiger partial charge in [-0.1, -0.05) is 55.0 Å². The summed E-state index contributed by atoms with van der Waals surface area (Å²) in [6.45, 7) is 8.54. The smallest absolute Gasteiger partial charge is 0.250 e. The molecule has 8 heteroatoms. The van der Waals surface area contributed by atoms with Crippen molar-refractivity contribution in [1.82, 2.24) is 14.1 Å². The van der Waals surface area contributed by atoms with Gasteiger partial charge in [0.05, 0.1) is 13.1 Å². The first-order valence-corrected chi connectivity index (χ1v) is 11.0. The van der Waals surface area contributed by atoms with Gasteiger partial charge in [-0.2, -0.15) is 14.1 Å². The van der Waals surface area contributed by atoms with Crippen molar-refractivity contribution in [2.45, 2.75) is 87.7 Å². The van der Waals surface area contributed by atoms with E-state index in [4.69, 9.17) is 9.72 Å². The molecule has 0 bridgehead atoms. The van der Waals surface area contributed by atoms with E-state index in [1.54, 1.807) is 0 Å². The molecule has 0 aliphatic carbocycles. The van der Waals surface area contributed by atoms with Gasteiger partial charge in [0.2, 0.25) is 24.3 Å². The average molecular weight is 517 g/mol. The fourth-order valence-corrected chi connectivity index (χ4v) is 3.22. The number of ether oxygens (including phenoxy) is 1. The summed E-state index contributed by atoms with van der Waals surface area (Å²) in [4.78, 5) is 4.80. The minimum absolute atomic E-state index is 0. The fraction of sp³-hybridized carbons (Fsp3) is 0.577. The Hall–Kier alpha value is -1.89. The highest BCUT2D eigenvalue weighted by Crippen LogP contribution is 2.08. The molecule has 0 N–H and O–H groups in total. The Morgan fingerprint density at radius 2 is 1.24 bits per heavy atom. The van der Waals surface area contributed by atoms with E-state index in [-0.39, 0.29) is 47.1 Å². The SMILES string of the molecule is C.C.C.C1CCOC1.CCCC[n+]1ccn(-c2cccc(-n3cc[n+](CCCC)c3)n2)c1.[Cl-].[Cl-]. The van der Waals surface area contributed by atoms with Gasteiger partial charge in [0.25, 0.3) is 0 Å². The number of unbranched alkanes of at least 4 members (excludes halogenated alkanes) is 2. The number of pyridine rings is 1. The Labute approximate surface area is 220 Å². The number of aryl methyl sites for hydroxylation is 2. The lowest BCUT2D eigenvalue weighted by molar-refractivity contribution is -0.696. The molecule has 0 spiro atoms. The summed E-state index contributed by atoms with van der Waals surface area (Å²) in [5.74, 6) is 1.88. The molecule has 0 amide bonds. The zero-order chi connectivity index (χ0) is 20.3. The first-order valence-electron chi connectivity index (χ1n) is 11.0. The number of hydrogen-bond acceptors (Lipinski definition) is 2. The third-order valence-corrected chi connectivity index (χ3v) is 5.00. The van der Waals surface area contributed by atoms with E-state index in [0.717, 1.165) is 37.9 Å². The summed E-state index contributed by atoms with van der Waals surface area (Å²) >= 11 is 0. The lowest BCUT2D eigenvalue weighted by atomic mass is 10.3. The van der Waals surface area contributed by atoms with Crippen molar-refractivity contribution < 1.29 is 38.7 Å². The second-order valence-corrected chi connectivity index (χ2v) is 7.50. The Bertz CT molecular complexity index is 793. The van der Waals surface area contributed by atoms with Gasteiger partial charge in [0.1, 0.15) is 24.8 Å². The van der Waals surface area contributed by atoms with Crippen LogP contribution >= 0.6 is 0 Å². The highest BCUT2D eigenvalue weighted by molar-refractivity contribution is 5.31. The van der Waals surface area contributed by atoms with E-state index in [1.165, 1.54) is 38.5 Å². The molecule has 1 aliphatic rings. The number of nitrogens with zero attached hydrogens (tertiary/aromatic N) is 5. The standard InChI is InChI=1S/C19H27N5.C4H8O.3CH4.2ClH/c1-3-5-10-21-12-14-23(16-21)18-8-7-9-19(20-18)24-15-13-22(17-24)11-6-4-2;1-2-4-5-3-1;;;;;/h7-9,12-17H,3-6,10-11H2,1-2H3;1-4H2;3*1H4;2*1H/q+2;;;;;;/p-2. The maximum Gasteiger partial charge on any atom is 0.250 e. The van der Waals surface area contributed by atoms with Crippen LogP contribution in [0.1, 0.15) is 74.7 Å². The maximum atomic E-state index is 4.94. The molecule has 196 valence electrons. The molecule has 0 atom stereocenters. The Morgan fingerprint density at radius 3 is 1.59 bits per heavy atom. The molecule has 1 aliphatic heterocycles. The van der Waals surface area contributed by atoms with Crippen LogP contribution in [0.2, 0.25) is 0 Å². The summed E-state index contributed by atoms with van der Waals surface area (Å²) < 4.78 is 13.5. The van der Waals surface area contributed by atoms with Gasteiger partial charge in [0.15, 0.2) is 0 Å². The predicted molar refractivity (Wildman–Crippen MR) is 133 cm³/mol. The van der Waals surface area contributed by atoms with Gasteiger partial charge in [-0.05, 0) is 25.7 Å². The van der Waals surface area contributed by atoms with Crippen molar-refractivity contribution in [3.8, 4) is 11.6 Å². The second kappa shape index (κ2) is 20.5. The highest BCUT2D eigenvalue weighted by Gasteiger charge is 2.12. The van der Waals surface area contributed by atoms with Crippen LogP contribution in [0, 0.1) is 0 Å². The molecule has 6 nitrogen and oxygen atoms in total. The summed E-state index contributed by atoms with van der Waals surface area (Å²) in [5.41, 5.74) is 0. The van der Waals surface area contributed by atoms with Gasteiger partial charge >= 0.3 is 0 Å². The first kappa shape index (κ1) is 36.7. The predicted octanol–water partition coefficient (Wildman–Crippen LogP) is -0.449.